The number of carbonyl (C=O) groups excluding carboxylic acids is 1. The molecule has 0 aromatic carbocycles. The van der Waals surface area contributed by atoms with E-state index < -0.39 is 0 Å². The van der Waals surface area contributed by atoms with Gasteiger partial charge in [0.2, 0.25) is 0 Å². The summed E-state index contributed by atoms with van der Waals surface area (Å²) in [5, 5.41) is 6.11. The zero-order chi connectivity index (χ0) is 10.4. The van der Waals surface area contributed by atoms with Gasteiger partial charge in [-0.2, -0.15) is 0 Å². The minimum atomic E-state index is -0.0468. The van der Waals surface area contributed by atoms with Gasteiger partial charge in [-0.25, -0.2) is 4.79 Å². The molecule has 1 unspecified atom stereocenters. The van der Waals surface area contributed by atoms with E-state index in [0.717, 1.165) is 26.2 Å². The van der Waals surface area contributed by atoms with Crippen LogP contribution in [0, 0.1) is 0 Å². The number of rotatable bonds is 4. The van der Waals surface area contributed by atoms with Crippen LogP contribution in [0.1, 0.15) is 6.42 Å². The van der Waals surface area contributed by atoms with Crippen molar-refractivity contribution in [2.45, 2.75) is 12.5 Å². The van der Waals surface area contributed by atoms with E-state index in [1.54, 1.807) is 14.1 Å². The van der Waals surface area contributed by atoms with E-state index in [4.69, 9.17) is 4.74 Å². The average molecular weight is 201 g/mol. The van der Waals surface area contributed by atoms with Crippen LogP contribution < -0.4 is 10.6 Å². The maximum atomic E-state index is 11.1. The van der Waals surface area contributed by atoms with Gasteiger partial charge in [0.05, 0.1) is 6.61 Å². The topological polar surface area (TPSA) is 53.6 Å². The summed E-state index contributed by atoms with van der Waals surface area (Å²) in [5.74, 6) is 0. The van der Waals surface area contributed by atoms with Crippen LogP contribution >= 0.6 is 0 Å². The van der Waals surface area contributed by atoms with Crippen molar-refractivity contribution in [1.82, 2.24) is 15.5 Å². The fraction of sp³-hybridized carbons (Fsp3) is 0.889. The summed E-state index contributed by atoms with van der Waals surface area (Å²) in [5.41, 5.74) is 0. The smallest absolute Gasteiger partial charge is 0.316 e. The molecule has 1 aliphatic heterocycles. The summed E-state index contributed by atoms with van der Waals surface area (Å²) in [6.45, 7) is 3.10. The summed E-state index contributed by atoms with van der Waals surface area (Å²) in [4.78, 5) is 12.6. The standard InChI is InChI=1S/C9H19N3O2/c1-12(2)9(13)11-5-4-10-8-3-6-14-7-8/h8,10H,3-7H2,1-2H3,(H,11,13). The van der Waals surface area contributed by atoms with Crippen LogP contribution in [0.4, 0.5) is 4.79 Å². The Morgan fingerprint density at radius 1 is 1.50 bits per heavy atom. The lowest BCUT2D eigenvalue weighted by atomic mass is 10.2. The largest absolute Gasteiger partial charge is 0.380 e. The number of nitrogens with zero attached hydrogens (tertiary/aromatic N) is 1. The molecule has 5 nitrogen and oxygen atoms in total. The predicted octanol–water partition coefficient (Wildman–Crippen LogP) is -0.364. The van der Waals surface area contributed by atoms with Gasteiger partial charge in [0, 0.05) is 39.8 Å². The molecule has 2 amide bonds. The minimum Gasteiger partial charge on any atom is -0.380 e. The molecule has 0 aliphatic carbocycles. The van der Waals surface area contributed by atoms with E-state index in [9.17, 15) is 4.79 Å². The molecular formula is C9H19N3O2. The Hall–Kier alpha value is -0.810. The molecule has 0 spiro atoms. The SMILES string of the molecule is CN(C)C(=O)NCCNC1CCOC1. The Morgan fingerprint density at radius 3 is 2.86 bits per heavy atom. The van der Waals surface area contributed by atoms with Crippen molar-refractivity contribution in [3.05, 3.63) is 0 Å². The molecule has 82 valence electrons. The Balaban J connectivity index is 1.96. The summed E-state index contributed by atoms with van der Waals surface area (Å²) < 4.78 is 5.22. The fourth-order valence-electron chi connectivity index (χ4n) is 1.30. The number of nitrogens with one attached hydrogen (secondary N) is 2. The Kier molecular flexibility index (Phi) is 4.69. The highest BCUT2D eigenvalue weighted by molar-refractivity contribution is 5.73. The van der Waals surface area contributed by atoms with Crippen molar-refractivity contribution < 1.29 is 9.53 Å². The van der Waals surface area contributed by atoms with E-state index in [2.05, 4.69) is 10.6 Å². The lowest BCUT2D eigenvalue weighted by molar-refractivity contribution is 0.190. The zero-order valence-electron chi connectivity index (χ0n) is 8.88. The monoisotopic (exact) mass is 201 g/mol. The van der Waals surface area contributed by atoms with Crippen molar-refractivity contribution in [2.24, 2.45) is 0 Å². The minimum absolute atomic E-state index is 0.0468. The quantitative estimate of drug-likeness (QED) is 0.611. The summed E-state index contributed by atoms with van der Waals surface area (Å²) in [6.07, 6.45) is 1.07. The Morgan fingerprint density at radius 2 is 2.29 bits per heavy atom. The third kappa shape index (κ3) is 3.93. The van der Waals surface area contributed by atoms with E-state index in [-0.39, 0.29) is 6.03 Å². The van der Waals surface area contributed by atoms with Gasteiger partial charge < -0.3 is 20.3 Å². The molecule has 1 rings (SSSR count). The zero-order valence-corrected chi connectivity index (χ0v) is 8.88. The van der Waals surface area contributed by atoms with Gasteiger partial charge in [0.1, 0.15) is 0 Å². The first-order valence-corrected chi connectivity index (χ1v) is 4.96. The van der Waals surface area contributed by atoms with Crippen LogP contribution in [0.25, 0.3) is 0 Å². The highest BCUT2D eigenvalue weighted by Gasteiger charge is 2.13. The highest BCUT2D eigenvalue weighted by Crippen LogP contribution is 2.01. The molecule has 1 heterocycles. The lowest BCUT2D eigenvalue weighted by Crippen LogP contribution is -2.40. The van der Waals surface area contributed by atoms with Crippen LogP contribution in [0.15, 0.2) is 0 Å². The second kappa shape index (κ2) is 5.82. The second-order valence-corrected chi connectivity index (χ2v) is 3.64. The first kappa shape index (κ1) is 11.3. The lowest BCUT2D eigenvalue weighted by Gasteiger charge is -2.13. The van der Waals surface area contributed by atoms with Crippen molar-refractivity contribution in [3.63, 3.8) is 0 Å². The van der Waals surface area contributed by atoms with Crippen LogP contribution in [0.5, 0.6) is 0 Å². The van der Waals surface area contributed by atoms with Gasteiger partial charge >= 0.3 is 6.03 Å². The molecule has 1 fully saturated rings. The molecule has 1 atom stereocenters. The number of hydrogen-bond donors (Lipinski definition) is 2. The average Bonchev–Trinajstić information content (AvgIpc) is 2.64. The summed E-state index contributed by atoms with van der Waals surface area (Å²) >= 11 is 0. The second-order valence-electron chi connectivity index (χ2n) is 3.64. The maximum Gasteiger partial charge on any atom is 0.316 e. The van der Waals surface area contributed by atoms with Gasteiger partial charge in [0.25, 0.3) is 0 Å². The molecule has 0 radical (unpaired) electrons. The van der Waals surface area contributed by atoms with Gasteiger partial charge in [-0.05, 0) is 6.42 Å². The third-order valence-corrected chi connectivity index (χ3v) is 2.17. The highest BCUT2D eigenvalue weighted by atomic mass is 16.5. The van der Waals surface area contributed by atoms with Crippen LogP contribution in [-0.4, -0.2) is 57.4 Å². The predicted molar refractivity (Wildman–Crippen MR) is 54.3 cm³/mol. The fourth-order valence-corrected chi connectivity index (χ4v) is 1.30. The molecule has 0 saturated carbocycles. The maximum absolute atomic E-state index is 11.1. The molecule has 1 aliphatic rings. The number of carbonyl (C=O) groups is 1. The van der Waals surface area contributed by atoms with Gasteiger partial charge in [-0.15, -0.1) is 0 Å². The Labute approximate surface area is 84.8 Å². The molecule has 0 bridgehead atoms. The van der Waals surface area contributed by atoms with Crippen LogP contribution in [0.3, 0.4) is 0 Å². The number of hydrogen-bond acceptors (Lipinski definition) is 3. The number of ether oxygens (including phenoxy) is 1. The molecule has 14 heavy (non-hydrogen) atoms. The van der Waals surface area contributed by atoms with E-state index in [1.807, 2.05) is 0 Å². The first-order valence-electron chi connectivity index (χ1n) is 4.96. The van der Waals surface area contributed by atoms with Gasteiger partial charge in [0.15, 0.2) is 0 Å². The van der Waals surface area contributed by atoms with Crippen molar-refractivity contribution >= 4 is 6.03 Å². The molecule has 5 heteroatoms. The third-order valence-electron chi connectivity index (χ3n) is 2.17. The van der Waals surface area contributed by atoms with E-state index >= 15 is 0 Å². The van der Waals surface area contributed by atoms with Gasteiger partial charge in [-0.3, -0.25) is 0 Å². The molecule has 2 N–H and O–H groups in total. The summed E-state index contributed by atoms with van der Waals surface area (Å²) in [7, 11) is 3.46. The van der Waals surface area contributed by atoms with E-state index in [1.165, 1.54) is 4.90 Å². The summed E-state index contributed by atoms with van der Waals surface area (Å²) in [6, 6.07) is 0.417. The number of urea groups is 1. The Bertz CT molecular complexity index is 179. The molecule has 1 saturated heterocycles. The normalized spacial score (nSPS) is 20.9. The van der Waals surface area contributed by atoms with Gasteiger partial charge in [-0.1, -0.05) is 0 Å². The van der Waals surface area contributed by atoms with Crippen molar-refractivity contribution in [3.8, 4) is 0 Å². The van der Waals surface area contributed by atoms with Crippen LogP contribution in [-0.2, 0) is 4.74 Å². The number of amides is 2. The molecular weight excluding hydrogens is 182 g/mol. The molecule has 0 aromatic rings. The van der Waals surface area contributed by atoms with E-state index in [0.29, 0.717) is 12.6 Å². The van der Waals surface area contributed by atoms with Crippen molar-refractivity contribution in [2.75, 3.05) is 40.4 Å². The first-order chi connectivity index (χ1) is 6.70. The molecule has 0 aromatic heterocycles. The van der Waals surface area contributed by atoms with Crippen LogP contribution in [0.2, 0.25) is 0 Å². The van der Waals surface area contributed by atoms with Crippen molar-refractivity contribution in [1.29, 1.82) is 0 Å².